The van der Waals surface area contributed by atoms with Crippen LogP contribution in [0.4, 0.5) is 5.69 Å². The van der Waals surface area contributed by atoms with E-state index in [0.717, 1.165) is 32.6 Å². The smallest absolute Gasteiger partial charge is 0.238 e. The van der Waals surface area contributed by atoms with Gasteiger partial charge in [-0.15, -0.1) is 11.3 Å². The maximum atomic E-state index is 12.2. The summed E-state index contributed by atoms with van der Waals surface area (Å²) in [5.41, 5.74) is 6.28. The molecule has 6 rings (SSSR count). The third-order valence-electron chi connectivity index (χ3n) is 6.02. The summed E-state index contributed by atoms with van der Waals surface area (Å²) in [6, 6.07) is 9.34. The molecule has 0 unspecified atom stereocenters. The molecule has 3 N–H and O–H groups in total. The fourth-order valence-electron chi connectivity index (χ4n) is 4.26. The molecule has 1 amide bonds. The van der Waals surface area contributed by atoms with Crippen LogP contribution in [0.15, 0.2) is 55.1 Å². The number of anilines is 1. The van der Waals surface area contributed by atoms with Crippen molar-refractivity contribution in [1.82, 2.24) is 40.0 Å². The first-order valence-corrected chi connectivity index (χ1v) is 12.9. The number of fused-ring (bicyclic) bond motifs is 2. The van der Waals surface area contributed by atoms with Crippen LogP contribution in [-0.4, -0.2) is 72.3 Å². The molecule has 0 atom stereocenters. The summed E-state index contributed by atoms with van der Waals surface area (Å²) >= 11 is 1.41. The van der Waals surface area contributed by atoms with Gasteiger partial charge in [0.25, 0.3) is 0 Å². The van der Waals surface area contributed by atoms with Crippen molar-refractivity contribution in [2.45, 2.75) is 6.92 Å². The average Bonchev–Trinajstić information content (AvgIpc) is 3.65. The topological polar surface area (TPSA) is 145 Å². The van der Waals surface area contributed by atoms with Crippen LogP contribution in [0.5, 0.6) is 0 Å². The number of aromatic nitrogens is 7. The van der Waals surface area contributed by atoms with Crippen molar-refractivity contribution in [2.24, 2.45) is 0 Å². The van der Waals surface area contributed by atoms with Crippen LogP contribution >= 0.6 is 11.3 Å². The van der Waals surface area contributed by atoms with Gasteiger partial charge in [-0.2, -0.15) is 5.10 Å². The number of pyridine rings is 3. The first-order valence-electron chi connectivity index (χ1n) is 12.1. The molecule has 0 spiro atoms. The molecular weight excluding hydrogens is 514 g/mol. The molecule has 11 nitrogen and oxygen atoms in total. The monoisotopic (exact) mass is 537 g/mol. The summed E-state index contributed by atoms with van der Waals surface area (Å²) in [6.07, 6.45) is 6.76. The predicted molar refractivity (Wildman–Crippen MR) is 151 cm³/mol. The molecular formula is C27H23N9O2S. The first-order chi connectivity index (χ1) is 18.9. The van der Waals surface area contributed by atoms with Gasteiger partial charge in [-0.25, -0.2) is 9.97 Å². The number of rotatable bonds is 7. The van der Waals surface area contributed by atoms with E-state index in [-0.39, 0.29) is 18.2 Å². The molecule has 0 aliphatic heterocycles. The highest BCUT2D eigenvalue weighted by Crippen LogP contribution is 2.34. The summed E-state index contributed by atoms with van der Waals surface area (Å²) in [6.45, 7) is 1.82. The third kappa shape index (κ3) is 4.78. The van der Waals surface area contributed by atoms with Gasteiger partial charge in [-0.1, -0.05) is 0 Å². The number of carbonyl (C=O) groups excluding carboxylic acids is 2. The van der Waals surface area contributed by atoms with Gasteiger partial charge in [-0.05, 0) is 51.4 Å². The maximum absolute atomic E-state index is 12.2. The number of aromatic amines is 2. The van der Waals surface area contributed by atoms with Crippen molar-refractivity contribution in [3.63, 3.8) is 0 Å². The number of hydrogen-bond donors (Lipinski definition) is 3. The second kappa shape index (κ2) is 9.82. The molecule has 0 radical (unpaired) electrons. The van der Waals surface area contributed by atoms with E-state index in [1.165, 1.54) is 11.3 Å². The van der Waals surface area contributed by atoms with Crippen molar-refractivity contribution in [3.8, 4) is 33.2 Å². The van der Waals surface area contributed by atoms with Crippen LogP contribution in [0.1, 0.15) is 16.6 Å². The third-order valence-corrected chi connectivity index (χ3v) is 7.24. The molecule has 6 heterocycles. The van der Waals surface area contributed by atoms with E-state index in [2.05, 4.69) is 30.5 Å². The van der Waals surface area contributed by atoms with Crippen molar-refractivity contribution < 1.29 is 9.59 Å². The van der Waals surface area contributed by atoms with Crippen molar-refractivity contribution in [1.29, 1.82) is 0 Å². The molecule has 0 aromatic carbocycles. The largest absolute Gasteiger partial charge is 0.335 e. The van der Waals surface area contributed by atoms with E-state index < -0.39 is 0 Å². The number of thiophene rings is 1. The second-order valence-corrected chi connectivity index (χ2v) is 10.4. The minimum Gasteiger partial charge on any atom is -0.335 e. The number of Topliss-reactive ketones (excluding diaryl/α,β-unsaturated/α-hetero) is 1. The van der Waals surface area contributed by atoms with E-state index >= 15 is 0 Å². The highest BCUT2D eigenvalue weighted by atomic mass is 32.1. The standard InChI is InChI=1S/C27H23N9O2S/c1-14(37)21-6-7-22(39-21)17-11-29-12-20-24(17)33-27(32-20)26-25-19(34-35-26)5-4-18(31-25)15-8-16(10-28-9-15)30-23(38)13-36(2)3/h4-12H,13H2,1-3H3,(H,30,38)(H,32,33)(H,34,35). The maximum Gasteiger partial charge on any atom is 0.238 e. The van der Waals surface area contributed by atoms with Gasteiger partial charge in [0.05, 0.1) is 46.2 Å². The van der Waals surface area contributed by atoms with Crippen molar-refractivity contribution >= 4 is 50.8 Å². The normalized spacial score (nSPS) is 11.5. The summed E-state index contributed by atoms with van der Waals surface area (Å²) in [7, 11) is 3.67. The summed E-state index contributed by atoms with van der Waals surface area (Å²) < 4.78 is 0. The van der Waals surface area contributed by atoms with E-state index in [1.54, 1.807) is 36.6 Å². The molecule has 0 saturated heterocycles. The lowest BCUT2D eigenvalue weighted by Crippen LogP contribution is -2.27. The van der Waals surface area contributed by atoms with Gasteiger partial charge in [-0.3, -0.25) is 24.7 Å². The number of likely N-dealkylation sites (N-methyl/N-ethyl adjacent to an activating group) is 1. The van der Waals surface area contributed by atoms with Crippen LogP contribution in [0.3, 0.4) is 0 Å². The molecule has 39 heavy (non-hydrogen) atoms. The molecule has 0 aliphatic carbocycles. The Morgan fingerprint density at radius 1 is 0.974 bits per heavy atom. The highest BCUT2D eigenvalue weighted by molar-refractivity contribution is 7.17. The zero-order chi connectivity index (χ0) is 27.1. The van der Waals surface area contributed by atoms with Crippen LogP contribution in [0, 0.1) is 0 Å². The Balaban J connectivity index is 1.37. The lowest BCUT2D eigenvalue weighted by atomic mass is 10.1. The number of nitrogens with zero attached hydrogens (tertiary/aromatic N) is 6. The molecule has 194 valence electrons. The Morgan fingerprint density at radius 2 is 1.82 bits per heavy atom. The van der Waals surface area contributed by atoms with Gasteiger partial charge in [0, 0.05) is 28.4 Å². The minimum atomic E-state index is -0.127. The van der Waals surface area contributed by atoms with Crippen LogP contribution in [0.2, 0.25) is 0 Å². The Morgan fingerprint density at radius 3 is 2.62 bits per heavy atom. The second-order valence-electron chi connectivity index (χ2n) is 9.30. The van der Waals surface area contributed by atoms with E-state index in [1.807, 2.05) is 44.4 Å². The van der Waals surface area contributed by atoms with Gasteiger partial charge < -0.3 is 15.2 Å². The SMILES string of the molecule is CC(=O)c1ccc(-c2cncc3[nH]c(-c4n[nH]c5ccc(-c6cncc(NC(=O)CN(C)C)c6)nc45)nc23)s1. The number of carbonyl (C=O) groups is 2. The van der Waals surface area contributed by atoms with Gasteiger partial charge in [0.1, 0.15) is 11.0 Å². The molecule has 0 bridgehead atoms. The number of nitrogens with one attached hydrogen (secondary N) is 3. The van der Waals surface area contributed by atoms with E-state index in [4.69, 9.17) is 9.97 Å². The van der Waals surface area contributed by atoms with Gasteiger partial charge in [0.2, 0.25) is 5.91 Å². The molecule has 0 saturated carbocycles. The first kappa shape index (κ1) is 24.5. The Kier molecular flexibility index (Phi) is 6.17. The minimum absolute atomic E-state index is 0.0238. The predicted octanol–water partition coefficient (Wildman–Crippen LogP) is 4.39. The van der Waals surface area contributed by atoms with Crippen molar-refractivity contribution in [2.75, 3.05) is 26.0 Å². The number of amides is 1. The van der Waals surface area contributed by atoms with Crippen LogP contribution in [-0.2, 0) is 4.79 Å². The molecule has 0 aliphatic rings. The number of imidazole rings is 1. The number of H-pyrrole nitrogens is 2. The highest BCUT2D eigenvalue weighted by Gasteiger charge is 2.18. The van der Waals surface area contributed by atoms with Gasteiger partial charge in [0.15, 0.2) is 17.3 Å². The summed E-state index contributed by atoms with van der Waals surface area (Å²) in [5.74, 6) is 0.440. The zero-order valence-corrected chi connectivity index (χ0v) is 22.1. The fourth-order valence-corrected chi connectivity index (χ4v) is 5.17. The van der Waals surface area contributed by atoms with E-state index in [0.29, 0.717) is 33.3 Å². The Labute approximate surface area is 226 Å². The Hall–Kier alpha value is -4.81. The summed E-state index contributed by atoms with van der Waals surface area (Å²) in [4.78, 5) is 49.1. The fraction of sp³-hybridized carbons (Fsp3) is 0.148. The summed E-state index contributed by atoms with van der Waals surface area (Å²) in [5, 5.41) is 10.4. The van der Waals surface area contributed by atoms with Crippen LogP contribution in [0.25, 0.3) is 55.3 Å². The number of hydrogen-bond acceptors (Lipinski definition) is 9. The lowest BCUT2D eigenvalue weighted by Gasteiger charge is -2.10. The Bertz CT molecular complexity index is 1870. The molecule has 12 heteroatoms. The average molecular weight is 538 g/mol. The zero-order valence-electron chi connectivity index (χ0n) is 21.3. The van der Waals surface area contributed by atoms with Crippen molar-refractivity contribution in [3.05, 3.63) is 60.0 Å². The molecule has 6 aromatic heterocycles. The molecule has 0 fully saturated rings. The number of ketones is 1. The lowest BCUT2D eigenvalue weighted by molar-refractivity contribution is -0.116. The van der Waals surface area contributed by atoms with Gasteiger partial charge >= 0.3 is 0 Å². The van der Waals surface area contributed by atoms with Crippen LogP contribution < -0.4 is 5.32 Å². The van der Waals surface area contributed by atoms with E-state index in [9.17, 15) is 9.59 Å². The molecule has 6 aromatic rings. The quantitative estimate of drug-likeness (QED) is 0.254.